The van der Waals surface area contributed by atoms with E-state index in [4.69, 9.17) is 0 Å². The fraction of sp³-hybridized carbons (Fsp3) is 0.667. The molecule has 3 rings (SSSR count). The highest BCUT2D eigenvalue weighted by Crippen LogP contribution is 2.49. The summed E-state index contributed by atoms with van der Waals surface area (Å²) in [4.78, 5) is 25.6. The van der Waals surface area contributed by atoms with Crippen molar-refractivity contribution in [2.45, 2.75) is 38.4 Å². The molecule has 0 radical (unpaired) electrons. The molecule has 24 heavy (non-hydrogen) atoms. The van der Waals surface area contributed by atoms with Gasteiger partial charge in [-0.3, -0.25) is 14.3 Å². The van der Waals surface area contributed by atoms with Crippen LogP contribution in [0.5, 0.6) is 0 Å². The van der Waals surface area contributed by atoms with E-state index in [2.05, 4.69) is 5.10 Å². The molecule has 6 nitrogen and oxygen atoms in total. The average Bonchev–Trinajstić information content (AvgIpc) is 3.17. The summed E-state index contributed by atoms with van der Waals surface area (Å²) < 4.78 is 37.8. The van der Waals surface area contributed by atoms with Crippen LogP contribution in [0.3, 0.4) is 0 Å². The Morgan fingerprint density at radius 1 is 1.42 bits per heavy atom. The lowest BCUT2D eigenvalue weighted by Crippen LogP contribution is -2.37. The van der Waals surface area contributed by atoms with Crippen molar-refractivity contribution >= 4 is 11.9 Å². The molecule has 0 unspecified atom stereocenters. The number of rotatable bonds is 4. The molecule has 2 heterocycles. The van der Waals surface area contributed by atoms with Crippen LogP contribution in [0.2, 0.25) is 0 Å². The number of halogens is 3. The van der Waals surface area contributed by atoms with E-state index in [-0.39, 0.29) is 30.5 Å². The molecule has 1 N–H and O–H groups in total. The summed E-state index contributed by atoms with van der Waals surface area (Å²) in [5.74, 6) is -1.30. The summed E-state index contributed by atoms with van der Waals surface area (Å²) in [6.07, 6.45) is -0.598. The lowest BCUT2D eigenvalue weighted by atomic mass is 9.81. The first-order valence-corrected chi connectivity index (χ1v) is 7.83. The Morgan fingerprint density at radius 3 is 2.79 bits per heavy atom. The minimum absolute atomic E-state index is 0.0563. The number of carbonyl (C=O) groups is 2. The van der Waals surface area contributed by atoms with Crippen molar-refractivity contribution in [2.75, 3.05) is 13.1 Å². The molecule has 1 aliphatic heterocycles. The zero-order chi connectivity index (χ0) is 17.5. The van der Waals surface area contributed by atoms with Crippen LogP contribution in [0.25, 0.3) is 0 Å². The minimum Gasteiger partial charge on any atom is -0.481 e. The van der Waals surface area contributed by atoms with Gasteiger partial charge in [0.05, 0.1) is 23.6 Å². The summed E-state index contributed by atoms with van der Waals surface area (Å²) in [5.41, 5.74) is -0.681. The second-order valence-electron chi connectivity index (χ2n) is 6.59. The van der Waals surface area contributed by atoms with Gasteiger partial charge in [0.2, 0.25) is 0 Å². The number of hydrogen-bond acceptors (Lipinski definition) is 3. The molecule has 1 aromatic heterocycles. The van der Waals surface area contributed by atoms with Crippen molar-refractivity contribution in [1.82, 2.24) is 14.7 Å². The number of hydrogen-bond donors (Lipinski definition) is 1. The summed E-state index contributed by atoms with van der Waals surface area (Å²) >= 11 is 0. The zero-order valence-corrected chi connectivity index (χ0v) is 12.9. The number of carboxylic acids is 1. The van der Waals surface area contributed by atoms with E-state index in [1.807, 2.05) is 0 Å². The second kappa shape index (κ2) is 5.78. The van der Waals surface area contributed by atoms with E-state index in [1.165, 1.54) is 17.3 Å². The van der Waals surface area contributed by atoms with Crippen LogP contribution >= 0.6 is 0 Å². The van der Waals surface area contributed by atoms with E-state index in [0.29, 0.717) is 13.0 Å². The van der Waals surface area contributed by atoms with Gasteiger partial charge in [-0.2, -0.15) is 18.3 Å². The van der Waals surface area contributed by atoms with E-state index in [1.54, 1.807) is 0 Å². The Morgan fingerprint density at radius 2 is 2.17 bits per heavy atom. The van der Waals surface area contributed by atoms with Gasteiger partial charge in [0.25, 0.3) is 5.91 Å². The molecule has 2 atom stereocenters. The number of likely N-dealkylation sites (tertiary alicyclic amines) is 1. The molecule has 1 aliphatic carbocycles. The van der Waals surface area contributed by atoms with Gasteiger partial charge in [0.1, 0.15) is 0 Å². The number of carboxylic acid groups (broad SMARTS) is 1. The quantitative estimate of drug-likeness (QED) is 0.907. The van der Waals surface area contributed by atoms with Crippen LogP contribution in [0, 0.1) is 11.3 Å². The number of aryl methyl sites for hydroxylation is 1. The molecule has 0 bridgehead atoms. The fourth-order valence-corrected chi connectivity index (χ4v) is 3.81. The third-order valence-corrected chi connectivity index (χ3v) is 5.09. The van der Waals surface area contributed by atoms with E-state index < -0.39 is 24.0 Å². The molecule has 0 aromatic carbocycles. The molecule has 2 aliphatic rings. The van der Waals surface area contributed by atoms with Crippen molar-refractivity contribution in [1.29, 1.82) is 0 Å². The van der Waals surface area contributed by atoms with Gasteiger partial charge < -0.3 is 10.0 Å². The average molecular weight is 345 g/mol. The highest BCUT2D eigenvalue weighted by atomic mass is 19.4. The standard InChI is InChI=1S/C15H18F3N3O3/c16-15(17,18)4-5-21-7-10(6-19-21)12(22)20-8-11-2-1-3-14(11,9-20)13(23)24/h6-7,11H,1-5,8-9H2,(H,23,24)/t11-,14+/m0/s1. The van der Waals surface area contributed by atoms with Crippen LogP contribution in [-0.2, 0) is 11.3 Å². The third kappa shape index (κ3) is 2.99. The van der Waals surface area contributed by atoms with E-state index in [9.17, 15) is 27.9 Å². The summed E-state index contributed by atoms with van der Waals surface area (Å²) in [5, 5.41) is 13.3. The maximum absolute atomic E-state index is 12.5. The van der Waals surface area contributed by atoms with Gasteiger partial charge in [0, 0.05) is 25.8 Å². The molecular formula is C15H18F3N3O3. The smallest absolute Gasteiger partial charge is 0.390 e. The summed E-state index contributed by atoms with van der Waals surface area (Å²) in [6, 6.07) is 0. The number of fused-ring (bicyclic) bond motifs is 1. The van der Waals surface area contributed by atoms with Crippen molar-refractivity contribution in [3.8, 4) is 0 Å². The zero-order valence-electron chi connectivity index (χ0n) is 12.9. The number of aliphatic carboxylic acids is 1. The predicted octanol–water partition coefficient (Wildman–Crippen LogP) is 2.16. The summed E-state index contributed by atoms with van der Waals surface area (Å²) in [6.45, 7) is 0.177. The van der Waals surface area contributed by atoms with Gasteiger partial charge in [-0.25, -0.2) is 0 Å². The first-order valence-electron chi connectivity index (χ1n) is 7.83. The Bertz CT molecular complexity index is 658. The summed E-state index contributed by atoms with van der Waals surface area (Å²) in [7, 11) is 0. The minimum atomic E-state index is -4.28. The molecular weight excluding hydrogens is 327 g/mol. The molecule has 1 amide bonds. The predicted molar refractivity (Wildman–Crippen MR) is 76.2 cm³/mol. The topological polar surface area (TPSA) is 75.4 Å². The van der Waals surface area contributed by atoms with E-state index in [0.717, 1.165) is 17.5 Å². The second-order valence-corrected chi connectivity index (χ2v) is 6.59. The van der Waals surface area contributed by atoms with Crippen LogP contribution in [-0.4, -0.2) is 50.9 Å². The Balaban J connectivity index is 1.68. The molecule has 9 heteroatoms. The van der Waals surface area contributed by atoms with Gasteiger partial charge in [-0.05, 0) is 18.8 Å². The Hall–Kier alpha value is -2.06. The lowest BCUT2D eigenvalue weighted by molar-refractivity contribution is -0.149. The molecule has 2 fully saturated rings. The van der Waals surface area contributed by atoms with E-state index >= 15 is 0 Å². The molecule has 1 aromatic rings. The highest BCUT2D eigenvalue weighted by Gasteiger charge is 2.55. The fourth-order valence-electron chi connectivity index (χ4n) is 3.81. The first-order chi connectivity index (χ1) is 11.2. The molecule has 1 saturated heterocycles. The first kappa shape index (κ1) is 16.8. The van der Waals surface area contributed by atoms with Gasteiger partial charge in [-0.15, -0.1) is 0 Å². The number of alkyl halides is 3. The number of nitrogens with zero attached hydrogens (tertiary/aromatic N) is 3. The van der Waals surface area contributed by atoms with Crippen molar-refractivity contribution in [3.63, 3.8) is 0 Å². The molecule has 0 spiro atoms. The largest absolute Gasteiger partial charge is 0.481 e. The third-order valence-electron chi connectivity index (χ3n) is 5.09. The normalized spacial score (nSPS) is 26.6. The number of aromatic nitrogens is 2. The number of amides is 1. The van der Waals surface area contributed by atoms with Crippen molar-refractivity contribution in [2.24, 2.45) is 11.3 Å². The maximum Gasteiger partial charge on any atom is 0.390 e. The Kier molecular flexibility index (Phi) is 4.05. The van der Waals surface area contributed by atoms with Gasteiger partial charge >= 0.3 is 12.1 Å². The van der Waals surface area contributed by atoms with Gasteiger partial charge in [0.15, 0.2) is 0 Å². The van der Waals surface area contributed by atoms with Crippen LogP contribution in [0.15, 0.2) is 12.4 Å². The maximum atomic E-state index is 12.5. The highest BCUT2D eigenvalue weighted by molar-refractivity contribution is 5.94. The van der Waals surface area contributed by atoms with Crippen LogP contribution in [0.4, 0.5) is 13.2 Å². The van der Waals surface area contributed by atoms with Crippen molar-refractivity contribution in [3.05, 3.63) is 18.0 Å². The number of carbonyl (C=O) groups excluding carboxylic acids is 1. The van der Waals surface area contributed by atoms with Crippen LogP contribution in [0.1, 0.15) is 36.0 Å². The molecule has 132 valence electrons. The van der Waals surface area contributed by atoms with Crippen LogP contribution < -0.4 is 0 Å². The Labute approximate surface area is 136 Å². The monoisotopic (exact) mass is 345 g/mol. The van der Waals surface area contributed by atoms with Crippen molar-refractivity contribution < 1.29 is 27.9 Å². The SMILES string of the molecule is O=C(c1cnn(CCC(F)(F)F)c1)N1C[C@@H]2CCC[C@@]2(C(=O)O)C1. The molecule has 1 saturated carbocycles. The van der Waals surface area contributed by atoms with Gasteiger partial charge in [-0.1, -0.05) is 6.42 Å². The lowest BCUT2D eigenvalue weighted by Gasteiger charge is -2.23.